The zero-order chi connectivity index (χ0) is 20.2. The average molecular weight is 433 g/mol. The van der Waals surface area contributed by atoms with Crippen LogP contribution in [0.15, 0.2) is 45.5 Å². The second-order valence-corrected chi connectivity index (χ2v) is 9.86. The van der Waals surface area contributed by atoms with Crippen LogP contribution in [0.25, 0.3) is 0 Å². The standard InChI is InChI=1S/C16H20N2O6S3/c1-4-18(5-2)27(22,23)13-8-6-12(7-9-13)26(20,21)17-14-10-11-25-15(14)16(19)24-3/h6-11,17H,4-5H2,1-3H3. The molecule has 27 heavy (non-hydrogen) atoms. The van der Waals surface area contributed by atoms with Crippen molar-refractivity contribution in [2.75, 3.05) is 24.9 Å². The van der Waals surface area contributed by atoms with Gasteiger partial charge in [-0.3, -0.25) is 4.72 Å². The maximum absolute atomic E-state index is 12.6. The molecule has 1 aromatic heterocycles. The van der Waals surface area contributed by atoms with E-state index in [0.717, 1.165) is 11.3 Å². The number of hydrogen-bond acceptors (Lipinski definition) is 7. The number of sulfonamides is 2. The maximum Gasteiger partial charge on any atom is 0.350 e. The highest BCUT2D eigenvalue weighted by atomic mass is 32.2. The van der Waals surface area contributed by atoms with Gasteiger partial charge in [0.2, 0.25) is 10.0 Å². The molecule has 1 N–H and O–H groups in total. The molecule has 148 valence electrons. The van der Waals surface area contributed by atoms with E-state index >= 15 is 0 Å². The van der Waals surface area contributed by atoms with Crippen molar-refractivity contribution in [1.29, 1.82) is 0 Å². The fourth-order valence-electron chi connectivity index (χ4n) is 2.35. The van der Waals surface area contributed by atoms with E-state index in [-0.39, 0.29) is 20.4 Å². The minimum Gasteiger partial charge on any atom is -0.465 e. The lowest BCUT2D eigenvalue weighted by atomic mass is 10.4. The predicted octanol–water partition coefficient (Wildman–Crippen LogP) is 2.37. The molecule has 1 aromatic carbocycles. The van der Waals surface area contributed by atoms with Crippen molar-refractivity contribution in [2.24, 2.45) is 0 Å². The Kier molecular flexibility index (Phi) is 6.63. The number of hydrogen-bond donors (Lipinski definition) is 1. The third-order valence-corrected chi connectivity index (χ3v) is 8.10. The van der Waals surface area contributed by atoms with Crippen LogP contribution < -0.4 is 4.72 Å². The zero-order valence-electron chi connectivity index (χ0n) is 15.0. The number of nitrogens with zero attached hydrogens (tertiary/aromatic N) is 1. The van der Waals surface area contributed by atoms with Gasteiger partial charge in [-0.05, 0) is 35.7 Å². The Morgan fingerprint density at radius 1 is 1.04 bits per heavy atom. The van der Waals surface area contributed by atoms with Crippen molar-refractivity contribution >= 4 is 43.0 Å². The molecule has 0 saturated carbocycles. The molecule has 0 aliphatic carbocycles. The van der Waals surface area contributed by atoms with Crippen LogP contribution >= 0.6 is 11.3 Å². The number of carbonyl (C=O) groups is 1. The van der Waals surface area contributed by atoms with Gasteiger partial charge in [0, 0.05) is 13.1 Å². The van der Waals surface area contributed by atoms with Gasteiger partial charge in [0.15, 0.2) is 0 Å². The Bertz CT molecular complexity index is 1010. The lowest BCUT2D eigenvalue weighted by Crippen LogP contribution is -2.30. The number of anilines is 1. The van der Waals surface area contributed by atoms with E-state index in [1.807, 2.05) is 0 Å². The van der Waals surface area contributed by atoms with Gasteiger partial charge in [-0.25, -0.2) is 21.6 Å². The molecular weight excluding hydrogens is 412 g/mol. The quantitative estimate of drug-likeness (QED) is 0.641. The lowest BCUT2D eigenvalue weighted by Gasteiger charge is -2.18. The summed E-state index contributed by atoms with van der Waals surface area (Å²) < 4.78 is 58.3. The molecule has 0 radical (unpaired) electrons. The first-order chi connectivity index (χ1) is 12.7. The van der Waals surface area contributed by atoms with Gasteiger partial charge in [-0.15, -0.1) is 11.3 Å². The highest BCUT2D eigenvalue weighted by Crippen LogP contribution is 2.26. The van der Waals surface area contributed by atoms with Crippen LogP contribution in [0.1, 0.15) is 23.5 Å². The summed E-state index contributed by atoms with van der Waals surface area (Å²) in [6.07, 6.45) is 0. The van der Waals surface area contributed by atoms with E-state index < -0.39 is 26.0 Å². The third kappa shape index (κ3) is 4.49. The summed E-state index contributed by atoms with van der Waals surface area (Å²) in [5.41, 5.74) is 0.103. The highest BCUT2D eigenvalue weighted by molar-refractivity contribution is 7.92. The van der Waals surface area contributed by atoms with Gasteiger partial charge in [-0.2, -0.15) is 4.31 Å². The fraction of sp³-hybridized carbons (Fsp3) is 0.312. The second kappa shape index (κ2) is 8.38. The molecule has 1 heterocycles. The van der Waals surface area contributed by atoms with Gasteiger partial charge in [0.25, 0.3) is 10.0 Å². The summed E-state index contributed by atoms with van der Waals surface area (Å²) in [6.45, 7) is 4.08. The molecule has 0 aliphatic rings. The molecule has 0 spiro atoms. The minimum atomic E-state index is -4.00. The van der Waals surface area contributed by atoms with Crippen LogP contribution in [-0.4, -0.2) is 47.3 Å². The van der Waals surface area contributed by atoms with Gasteiger partial charge in [-0.1, -0.05) is 13.8 Å². The monoisotopic (exact) mass is 432 g/mol. The van der Waals surface area contributed by atoms with Crippen molar-refractivity contribution in [3.63, 3.8) is 0 Å². The number of nitrogens with one attached hydrogen (secondary N) is 1. The van der Waals surface area contributed by atoms with Crippen molar-refractivity contribution in [2.45, 2.75) is 23.6 Å². The molecule has 11 heteroatoms. The molecule has 0 aliphatic heterocycles. The van der Waals surface area contributed by atoms with E-state index in [1.165, 1.54) is 41.7 Å². The Morgan fingerprint density at radius 3 is 2.11 bits per heavy atom. The number of carbonyl (C=O) groups excluding carboxylic acids is 1. The molecule has 0 atom stereocenters. The van der Waals surface area contributed by atoms with Crippen molar-refractivity contribution in [3.05, 3.63) is 40.6 Å². The maximum atomic E-state index is 12.6. The third-order valence-electron chi connectivity index (χ3n) is 3.76. The van der Waals surface area contributed by atoms with Crippen LogP contribution in [-0.2, 0) is 24.8 Å². The number of benzene rings is 1. The SMILES string of the molecule is CCN(CC)S(=O)(=O)c1ccc(S(=O)(=O)Nc2ccsc2C(=O)OC)cc1. The number of ether oxygens (including phenoxy) is 1. The lowest BCUT2D eigenvalue weighted by molar-refractivity contribution is 0.0607. The van der Waals surface area contributed by atoms with Gasteiger partial charge in [0.05, 0.1) is 22.6 Å². The summed E-state index contributed by atoms with van der Waals surface area (Å²) in [5, 5.41) is 1.56. The number of methoxy groups -OCH3 is 1. The van der Waals surface area contributed by atoms with Gasteiger partial charge in [0.1, 0.15) is 4.88 Å². The van der Waals surface area contributed by atoms with Crippen LogP contribution in [0.4, 0.5) is 5.69 Å². The molecule has 0 fully saturated rings. The molecule has 2 aromatic rings. The van der Waals surface area contributed by atoms with Gasteiger partial charge < -0.3 is 4.74 Å². The van der Waals surface area contributed by atoms with Crippen LogP contribution in [0, 0.1) is 0 Å². The molecule has 0 unspecified atom stereocenters. The van der Waals surface area contributed by atoms with Crippen LogP contribution in [0.3, 0.4) is 0 Å². The number of rotatable bonds is 8. The summed E-state index contributed by atoms with van der Waals surface area (Å²) in [7, 11) is -6.47. The van der Waals surface area contributed by atoms with E-state index in [2.05, 4.69) is 9.46 Å². The minimum absolute atomic E-state index is 0.0101. The molecular formula is C16H20N2O6S3. The van der Waals surface area contributed by atoms with Crippen molar-refractivity contribution < 1.29 is 26.4 Å². The topological polar surface area (TPSA) is 110 Å². The van der Waals surface area contributed by atoms with Crippen molar-refractivity contribution in [1.82, 2.24) is 4.31 Å². The van der Waals surface area contributed by atoms with E-state index in [0.29, 0.717) is 13.1 Å². The normalized spacial score (nSPS) is 12.1. The first kappa shape index (κ1) is 21.4. The van der Waals surface area contributed by atoms with Crippen LogP contribution in [0.5, 0.6) is 0 Å². The largest absolute Gasteiger partial charge is 0.465 e. The Morgan fingerprint density at radius 2 is 1.59 bits per heavy atom. The first-order valence-electron chi connectivity index (χ1n) is 7.96. The summed E-state index contributed by atoms with van der Waals surface area (Å²) in [4.78, 5) is 11.7. The number of esters is 1. The summed E-state index contributed by atoms with van der Waals surface area (Å²) in [6, 6.07) is 6.37. The number of thiophene rings is 1. The smallest absolute Gasteiger partial charge is 0.350 e. The Labute approximate surface area is 162 Å². The summed E-state index contributed by atoms with van der Waals surface area (Å²) >= 11 is 1.05. The Balaban J connectivity index is 2.31. The fourth-order valence-corrected chi connectivity index (χ4v) is 5.71. The Hall–Kier alpha value is -1.95. The summed E-state index contributed by atoms with van der Waals surface area (Å²) in [5.74, 6) is -0.650. The average Bonchev–Trinajstić information content (AvgIpc) is 3.09. The van der Waals surface area contributed by atoms with Crippen LogP contribution in [0.2, 0.25) is 0 Å². The van der Waals surface area contributed by atoms with Gasteiger partial charge >= 0.3 is 5.97 Å². The molecule has 0 bridgehead atoms. The molecule has 0 saturated heterocycles. The zero-order valence-corrected chi connectivity index (χ0v) is 17.4. The van der Waals surface area contributed by atoms with E-state index in [9.17, 15) is 21.6 Å². The molecule has 8 nitrogen and oxygen atoms in total. The highest BCUT2D eigenvalue weighted by Gasteiger charge is 2.24. The predicted molar refractivity (Wildman–Crippen MR) is 103 cm³/mol. The molecule has 0 amide bonds. The molecule has 2 rings (SSSR count). The first-order valence-corrected chi connectivity index (χ1v) is 11.8. The van der Waals surface area contributed by atoms with Crippen molar-refractivity contribution in [3.8, 4) is 0 Å². The van der Waals surface area contributed by atoms with E-state index in [4.69, 9.17) is 0 Å². The van der Waals surface area contributed by atoms with E-state index in [1.54, 1.807) is 19.2 Å². The second-order valence-electron chi connectivity index (χ2n) is 5.32.